The fourth-order valence-corrected chi connectivity index (χ4v) is 10.3. The number of nitrogens with zero attached hydrogens (tertiary/aromatic N) is 1. The van der Waals surface area contributed by atoms with Crippen molar-refractivity contribution in [3.05, 3.63) is 30.3 Å². The van der Waals surface area contributed by atoms with Crippen molar-refractivity contribution >= 4 is 27.5 Å². The van der Waals surface area contributed by atoms with Crippen molar-refractivity contribution in [2.24, 2.45) is 46.3 Å². The lowest BCUT2D eigenvalue weighted by molar-refractivity contribution is -0.140. The first-order valence-corrected chi connectivity index (χ1v) is 16.8. The number of carbonyl (C=O) groups excluding carboxylic acids is 2. The van der Waals surface area contributed by atoms with Crippen molar-refractivity contribution in [1.82, 2.24) is 0 Å². The van der Waals surface area contributed by atoms with E-state index < -0.39 is 15.9 Å². The molecule has 216 valence electrons. The Hall–Kier alpha value is -1.73. The monoisotopic (exact) mass is 556 g/mol. The number of ketones is 1. The summed E-state index contributed by atoms with van der Waals surface area (Å²) in [6.07, 6.45) is 11.3. The highest BCUT2D eigenvalue weighted by Crippen LogP contribution is 2.68. The molecule has 6 nitrogen and oxygen atoms in total. The number of benzene rings is 1. The highest BCUT2D eigenvalue weighted by Gasteiger charge is 2.60. The van der Waals surface area contributed by atoms with Gasteiger partial charge in [-0.25, -0.2) is 8.42 Å². The summed E-state index contributed by atoms with van der Waals surface area (Å²) in [5.41, 5.74) is 1.26. The van der Waals surface area contributed by atoms with Crippen LogP contribution in [-0.2, 0) is 19.7 Å². The molecule has 4 fully saturated rings. The van der Waals surface area contributed by atoms with Gasteiger partial charge in [0, 0.05) is 31.5 Å². The zero-order valence-electron chi connectivity index (χ0n) is 23.9. The molecular formula is C32H46NO5S-. The fourth-order valence-electron chi connectivity index (χ4n) is 9.92. The summed E-state index contributed by atoms with van der Waals surface area (Å²) in [5.74, 6) is 3.59. The van der Waals surface area contributed by atoms with Crippen LogP contribution in [0.3, 0.4) is 0 Å². The molecule has 0 radical (unpaired) electrons. The van der Waals surface area contributed by atoms with Gasteiger partial charge in [0.1, 0.15) is 5.78 Å². The van der Waals surface area contributed by atoms with Gasteiger partial charge in [-0.15, -0.1) is 0 Å². The molecule has 1 aromatic carbocycles. The minimum atomic E-state index is -4.41. The summed E-state index contributed by atoms with van der Waals surface area (Å²) in [6.45, 7) is 7.22. The first-order valence-electron chi connectivity index (χ1n) is 15.2. The Labute approximate surface area is 235 Å². The second-order valence-corrected chi connectivity index (χ2v) is 15.3. The molecular weight excluding hydrogens is 510 g/mol. The number of rotatable bonds is 8. The van der Waals surface area contributed by atoms with Crippen LogP contribution in [0.2, 0.25) is 0 Å². The van der Waals surface area contributed by atoms with Crippen LogP contribution in [0.15, 0.2) is 30.3 Å². The normalized spacial score (nSPS) is 36.9. The average Bonchev–Trinajstić information content (AvgIpc) is 3.25. The Kier molecular flexibility index (Phi) is 8.06. The number of hydrogen-bond acceptors (Lipinski definition) is 5. The topological polar surface area (TPSA) is 94.6 Å². The van der Waals surface area contributed by atoms with E-state index in [0.717, 1.165) is 43.4 Å². The number of hydrogen-bond donors (Lipinski definition) is 0. The van der Waals surface area contributed by atoms with Crippen molar-refractivity contribution < 1.29 is 22.6 Å². The Morgan fingerprint density at radius 2 is 1.74 bits per heavy atom. The van der Waals surface area contributed by atoms with E-state index in [9.17, 15) is 22.6 Å². The molecule has 39 heavy (non-hydrogen) atoms. The minimum absolute atomic E-state index is 0.110. The third-order valence-corrected chi connectivity index (χ3v) is 12.7. The predicted molar refractivity (Wildman–Crippen MR) is 152 cm³/mol. The molecule has 4 aliphatic rings. The zero-order chi connectivity index (χ0) is 28.0. The summed E-state index contributed by atoms with van der Waals surface area (Å²) in [4.78, 5) is 27.0. The second kappa shape index (κ2) is 10.9. The van der Waals surface area contributed by atoms with Gasteiger partial charge in [0.15, 0.2) is 0 Å². The first kappa shape index (κ1) is 28.8. The lowest BCUT2D eigenvalue weighted by atomic mass is 9.44. The lowest BCUT2D eigenvalue weighted by Gasteiger charge is -2.60. The molecule has 0 N–H and O–H groups in total. The van der Waals surface area contributed by atoms with Gasteiger partial charge in [-0.2, -0.15) is 0 Å². The molecule has 0 heterocycles. The van der Waals surface area contributed by atoms with E-state index >= 15 is 0 Å². The first-order chi connectivity index (χ1) is 18.4. The SMILES string of the molecule is C[C@H](CCC(=O)N(CCS(=O)(=O)[O-])c1ccccc1)[C@H]1CC[C@H]2[C@@H]3CC[C@@H]4CC(=O)CC[C@]4(C)[C@H]3CC[C@]12C. The van der Waals surface area contributed by atoms with E-state index in [4.69, 9.17) is 0 Å². The van der Waals surface area contributed by atoms with Crippen LogP contribution >= 0.6 is 0 Å². The molecule has 0 aliphatic heterocycles. The van der Waals surface area contributed by atoms with Crippen LogP contribution in [0.1, 0.15) is 91.4 Å². The molecule has 5 rings (SSSR count). The van der Waals surface area contributed by atoms with E-state index in [0.29, 0.717) is 46.5 Å². The summed E-state index contributed by atoms with van der Waals surface area (Å²) in [5, 5.41) is 0. The smallest absolute Gasteiger partial charge is 0.227 e. The van der Waals surface area contributed by atoms with Crippen LogP contribution in [-0.4, -0.2) is 37.0 Å². The van der Waals surface area contributed by atoms with Crippen LogP contribution in [0.25, 0.3) is 0 Å². The predicted octanol–water partition coefficient (Wildman–Crippen LogP) is 6.21. The molecule has 4 aliphatic carbocycles. The van der Waals surface area contributed by atoms with Crippen LogP contribution in [0, 0.1) is 46.3 Å². The third-order valence-electron chi connectivity index (χ3n) is 12.0. The molecule has 0 bridgehead atoms. The molecule has 7 heteroatoms. The Balaban J connectivity index is 1.24. The van der Waals surface area contributed by atoms with Gasteiger partial charge in [0.05, 0.1) is 15.9 Å². The minimum Gasteiger partial charge on any atom is -0.748 e. The van der Waals surface area contributed by atoms with Crippen molar-refractivity contribution in [1.29, 1.82) is 0 Å². The van der Waals surface area contributed by atoms with Crippen molar-refractivity contribution in [2.45, 2.75) is 91.4 Å². The lowest BCUT2D eigenvalue weighted by Crippen LogP contribution is -2.53. The number of para-hydroxylation sites is 1. The maximum Gasteiger partial charge on any atom is 0.227 e. The fraction of sp³-hybridized carbons (Fsp3) is 0.750. The van der Waals surface area contributed by atoms with Gasteiger partial charge < -0.3 is 9.45 Å². The van der Waals surface area contributed by atoms with E-state index in [-0.39, 0.29) is 12.5 Å². The number of amides is 1. The van der Waals surface area contributed by atoms with Crippen LogP contribution in [0.4, 0.5) is 5.69 Å². The Bertz CT molecular complexity index is 1170. The zero-order valence-corrected chi connectivity index (χ0v) is 24.8. The Morgan fingerprint density at radius 3 is 2.46 bits per heavy atom. The van der Waals surface area contributed by atoms with Crippen molar-refractivity contribution in [3.8, 4) is 0 Å². The number of Topliss-reactive ketones (excluding diaryl/α,β-unsaturated/α-hetero) is 1. The standard InChI is InChI=1S/C32H47NO5S/c1-22(9-14-30(35)33(19-20-39(36,37)38)24-7-5-4-6-8-24)27-12-13-28-26-11-10-23-21-25(34)15-17-31(23,2)29(26)16-18-32(27,28)3/h4-8,22-23,26-29H,9-21H2,1-3H3,(H,36,37,38)/p-1/t22-,23-,26+,27-,28+,29+,31+,32-/m1/s1. The molecule has 1 aromatic rings. The Morgan fingerprint density at radius 1 is 1.03 bits per heavy atom. The maximum atomic E-state index is 13.3. The van der Waals surface area contributed by atoms with Crippen LogP contribution < -0.4 is 4.90 Å². The van der Waals surface area contributed by atoms with E-state index in [1.807, 2.05) is 18.2 Å². The van der Waals surface area contributed by atoms with Gasteiger partial charge in [-0.05, 0) is 110 Å². The molecule has 0 saturated heterocycles. The molecule has 4 saturated carbocycles. The number of fused-ring (bicyclic) bond motifs is 5. The summed E-state index contributed by atoms with van der Waals surface area (Å²) in [6, 6.07) is 9.07. The summed E-state index contributed by atoms with van der Waals surface area (Å²) >= 11 is 0. The van der Waals surface area contributed by atoms with Gasteiger partial charge in [0.25, 0.3) is 0 Å². The van der Waals surface area contributed by atoms with Crippen molar-refractivity contribution in [2.75, 3.05) is 17.2 Å². The third kappa shape index (κ3) is 5.59. The molecule has 8 atom stereocenters. The molecule has 0 unspecified atom stereocenters. The maximum absolute atomic E-state index is 13.3. The molecule has 0 spiro atoms. The van der Waals surface area contributed by atoms with Gasteiger partial charge >= 0.3 is 0 Å². The largest absolute Gasteiger partial charge is 0.748 e. The number of anilines is 1. The summed E-state index contributed by atoms with van der Waals surface area (Å²) in [7, 11) is -4.41. The van der Waals surface area contributed by atoms with E-state index in [1.54, 1.807) is 12.1 Å². The highest BCUT2D eigenvalue weighted by molar-refractivity contribution is 7.85. The highest BCUT2D eigenvalue weighted by atomic mass is 32.2. The second-order valence-electron chi connectivity index (χ2n) is 13.8. The van der Waals surface area contributed by atoms with Gasteiger partial charge in [0.2, 0.25) is 5.91 Å². The van der Waals surface area contributed by atoms with Gasteiger partial charge in [-0.1, -0.05) is 39.0 Å². The quantitative estimate of drug-likeness (QED) is 0.355. The number of carbonyl (C=O) groups is 2. The average molecular weight is 557 g/mol. The molecule has 1 amide bonds. The van der Waals surface area contributed by atoms with E-state index in [2.05, 4.69) is 20.8 Å². The van der Waals surface area contributed by atoms with E-state index in [1.165, 1.54) is 43.4 Å². The van der Waals surface area contributed by atoms with Crippen molar-refractivity contribution in [3.63, 3.8) is 0 Å². The van der Waals surface area contributed by atoms with Gasteiger partial charge in [-0.3, -0.25) is 9.59 Å². The molecule has 0 aromatic heterocycles. The summed E-state index contributed by atoms with van der Waals surface area (Å²) < 4.78 is 33.9. The van der Waals surface area contributed by atoms with Crippen LogP contribution in [0.5, 0.6) is 0 Å².